The van der Waals surface area contributed by atoms with Crippen LogP contribution < -0.4 is 4.74 Å². The van der Waals surface area contributed by atoms with E-state index in [1.165, 1.54) is 5.56 Å². The van der Waals surface area contributed by atoms with Crippen molar-refractivity contribution in [2.24, 2.45) is 0 Å². The molecule has 0 fully saturated rings. The lowest BCUT2D eigenvalue weighted by atomic mass is 9.89. The maximum Gasteiger partial charge on any atom is 0.120 e. The molecule has 0 amide bonds. The van der Waals surface area contributed by atoms with E-state index in [4.69, 9.17) is 16.3 Å². The molecule has 0 aliphatic heterocycles. The highest BCUT2D eigenvalue weighted by Crippen LogP contribution is 2.32. The largest absolute Gasteiger partial charge is 0.489 e. The fraction of sp³-hybridized carbons (Fsp3) is 0.294. The molecule has 0 unspecified atom stereocenters. The molecule has 104 valence electrons. The highest BCUT2D eigenvalue weighted by Gasteiger charge is 2.18. The van der Waals surface area contributed by atoms with Crippen molar-refractivity contribution >= 4 is 11.6 Å². The fourth-order valence-electron chi connectivity index (χ4n) is 2.62. The third-order valence-electron chi connectivity index (χ3n) is 3.75. The van der Waals surface area contributed by atoms with Crippen LogP contribution in [0.4, 0.5) is 0 Å². The van der Waals surface area contributed by atoms with E-state index in [0.717, 1.165) is 36.1 Å². The molecular formula is C17H17ClO2. The minimum atomic E-state index is -0.359. The Morgan fingerprint density at radius 3 is 2.90 bits per heavy atom. The first-order valence-corrected chi connectivity index (χ1v) is 7.29. The van der Waals surface area contributed by atoms with E-state index in [-0.39, 0.29) is 6.10 Å². The molecule has 1 N–H and O–H groups in total. The average molecular weight is 289 g/mol. The van der Waals surface area contributed by atoms with Gasteiger partial charge in [0.2, 0.25) is 0 Å². The van der Waals surface area contributed by atoms with Gasteiger partial charge in [0, 0.05) is 10.6 Å². The molecule has 2 aromatic rings. The first kappa shape index (κ1) is 13.5. The molecule has 0 saturated heterocycles. The van der Waals surface area contributed by atoms with E-state index in [2.05, 4.69) is 6.07 Å². The van der Waals surface area contributed by atoms with Crippen LogP contribution in [0.25, 0.3) is 0 Å². The molecule has 0 saturated carbocycles. The molecule has 0 heterocycles. The summed E-state index contributed by atoms with van der Waals surface area (Å²) in [6.45, 7) is 0.439. The Kier molecular flexibility index (Phi) is 3.95. The van der Waals surface area contributed by atoms with Gasteiger partial charge in [-0.2, -0.15) is 0 Å². The topological polar surface area (TPSA) is 29.5 Å². The summed E-state index contributed by atoms with van der Waals surface area (Å²) in [6, 6.07) is 13.6. The second-order valence-electron chi connectivity index (χ2n) is 5.15. The number of fused-ring (bicyclic) bond motifs is 1. The van der Waals surface area contributed by atoms with Crippen molar-refractivity contribution in [3.05, 3.63) is 64.2 Å². The maximum atomic E-state index is 10.0. The zero-order chi connectivity index (χ0) is 13.9. The van der Waals surface area contributed by atoms with Gasteiger partial charge in [-0.3, -0.25) is 0 Å². The molecule has 0 spiro atoms. The van der Waals surface area contributed by atoms with Gasteiger partial charge in [-0.15, -0.1) is 0 Å². The molecule has 20 heavy (non-hydrogen) atoms. The number of benzene rings is 2. The van der Waals surface area contributed by atoms with Crippen LogP contribution in [0.1, 0.15) is 35.6 Å². The molecule has 1 atom stereocenters. The van der Waals surface area contributed by atoms with Gasteiger partial charge in [0.15, 0.2) is 0 Å². The van der Waals surface area contributed by atoms with Crippen molar-refractivity contribution in [2.75, 3.05) is 0 Å². The van der Waals surface area contributed by atoms with Crippen LogP contribution in [0.5, 0.6) is 5.75 Å². The van der Waals surface area contributed by atoms with Crippen molar-refractivity contribution in [1.82, 2.24) is 0 Å². The van der Waals surface area contributed by atoms with Crippen molar-refractivity contribution in [2.45, 2.75) is 32.0 Å². The number of halogens is 1. The third kappa shape index (κ3) is 2.82. The van der Waals surface area contributed by atoms with Gasteiger partial charge in [-0.25, -0.2) is 0 Å². The molecule has 2 aromatic carbocycles. The highest BCUT2D eigenvalue weighted by atomic mass is 35.5. The molecule has 3 rings (SSSR count). The van der Waals surface area contributed by atoms with Crippen molar-refractivity contribution in [3.8, 4) is 5.75 Å². The first-order valence-electron chi connectivity index (χ1n) is 6.91. The average Bonchev–Trinajstić information content (AvgIpc) is 2.47. The van der Waals surface area contributed by atoms with E-state index in [1.807, 2.05) is 36.4 Å². The molecule has 2 nitrogen and oxygen atoms in total. The second-order valence-corrected chi connectivity index (χ2v) is 5.56. The standard InChI is InChI=1S/C17H17ClO2/c18-16-6-2-1-4-13(16)11-20-14-9-8-12-5-3-7-17(19)15(12)10-14/h1-2,4,6,8-10,17,19H,3,5,7,11H2/t17-/m0/s1. The monoisotopic (exact) mass is 288 g/mol. The van der Waals surface area contributed by atoms with Crippen LogP contribution in [0.15, 0.2) is 42.5 Å². The Labute approximate surface area is 124 Å². The second kappa shape index (κ2) is 5.86. The van der Waals surface area contributed by atoms with Crippen LogP contribution in [-0.2, 0) is 13.0 Å². The van der Waals surface area contributed by atoms with Gasteiger partial charge in [-0.1, -0.05) is 35.9 Å². The molecule has 0 radical (unpaired) electrons. The molecule has 0 bridgehead atoms. The quantitative estimate of drug-likeness (QED) is 0.913. The van der Waals surface area contributed by atoms with Gasteiger partial charge in [0.05, 0.1) is 6.10 Å². The summed E-state index contributed by atoms with van der Waals surface area (Å²) < 4.78 is 5.79. The Balaban J connectivity index is 1.75. The lowest BCUT2D eigenvalue weighted by Crippen LogP contribution is -2.09. The third-order valence-corrected chi connectivity index (χ3v) is 4.12. The summed E-state index contributed by atoms with van der Waals surface area (Å²) in [7, 11) is 0. The molecular weight excluding hydrogens is 272 g/mol. The number of hydrogen-bond acceptors (Lipinski definition) is 2. The number of rotatable bonds is 3. The maximum absolute atomic E-state index is 10.0. The zero-order valence-corrected chi connectivity index (χ0v) is 11.9. The van der Waals surface area contributed by atoms with E-state index in [1.54, 1.807) is 0 Å². The summed E-state index contributed by atoms with van der Waals surface area (Å²) in [6.07, 6.45) is 2.56. The van der Waals surface area contributed by atoms with E-state index >= 15 is 0 Å². The summed E-state index contributed by atoms with van der Waals surface area (Å²) in [5.74, 6) is 0.782. The van der Waals surface area contributed by atoms with E-state index in [0.29, 0.717) is 11.6 Å². The molecule has 3 heteroatoms. The van der Waals surface area contributed by atoms with Gasteiger partial charge >= 0.3 is 0 Å². The number of hydrogen-bond donors (Lipinski definition) is 1. The first-order chi connectivity index (χ1) is 9.74. The van der Waals surface area contributed by atoms with Gasteiger partial charge in [-0.05, 0) is 48.6 Å². The SMILES string of the molecule is O[C@H]1CCCc2ccc(OCc3ccccc3Cl)cc21. The minimum Gasteiger partial charge on any atom is -0.489 e. The molecule has 1 aliphatic rings. The summed E-state index contributed by atoms with van der Waals surface area (Å²) in [5.41, 5.74) is 3.20. The number of ether oxygens (including phenoxy) is 1. The normalized spacial score (nSPS) is 17.6. The molecule has 1 aliphatic carbocycles. The lowest BCUT2D eigenvalue weighted by Gasteiger charge is -2.22. The smallest absolute Gasteiger partial charge is 0.120 e. The van der Waals surface area contributed by atoms with Crippen molar-refractivity contribution in [3.63, 3.8) is 0 Å². The van der Waals surface area contributed by atoms with Crippen LogP contribution in [0, 0.1) is 0 Å². The summed E-state index contributed by atoms with van der Waals surface area (Å²) >= 11 is 6.11. The summed E-state index contributed by atoms with van der Waals surface area (Å²) in [5, 5.41) is 10.8. The Morgan fingerprint density at radius 2 is 2.05 bits per heavy atom. The zero-order valence-electron chi connectivity index (χ0n) is 11.2. The number of aliphatic hydroxyl groups excluding tert-OH is 1. The van der Waals surface area contributed by atoms with Gasteiger partial charge < -0.3 is 9.84 Å². The van der Waals surface area contributed by atoms with E-state index < -0.39 is 0 Å². The fourth-order valence-corrected chi connectivity index (χ4v) is 2.81. The summed E-state index contributed by atoms with van der Waals surface area (Å²) in [4.78, 5) is 0. The highest BCUT2D eigenvalue weighted by molar-refractivity contribution is 6.31. The minimum absolute atomic E-state index is 0.359. The van der Waals surface area contributed by atoms with Crippen LogP contribution >= 0.6 is 11.6 Å². The van der Waals surface area contributed by atoms with Gasteiger partial charge in [0.1, 0.15) is 12.4 Å². The van der Waals surface area contributed by atoms with Crippen LogP contribution in [0.3, 0.4) is 0 Å². The predicted molar refractivity (Wildman–Crippen MR) is 80.1 cm³/mol. The van der Waals surface area contributed by atoms with Crippen LogP contribution in [0.2, 0.25) is 5.02 Å². The van der Waals surface area contributed by atoms with E-state index in [9.17, 15) is 5.11 Å². The number of aryl methyl sites for hydroxylation is 1. The molecule has 0 aromatic heterocycles. The Bertz CT molecular complexity index is 610. The van der Waals surface area contributed by atoms with Crippen LogP contribution in [-0.4, -0.2) is 5.11 Å². The predicted octanol–water partition coefficient (Wildman–Crippen LogP) is 4.29. The Hall–Kier alpha value is -1.51. The van der Waals surface area contributed by atoms with Crippen molar-refractivity contribution in [1.29, 1.82) is 0 Å². The van der Waals surface area contributed by atoms with Gasteiger partial charge in [0.25, 0.3) is 0 Å². The Morgan fingerprint density at radius 1 is 1.20 bits per heavy atom. The lowest BCUT2D eigenvalue weighted by molar-refractivity contribution is 0.156. The number of aliphatic hydroxyl groups is 1. The van der Waals surface area contributed by atoms with Crippen molar-refractivity contribution < 1.29 is 9.84 Å².